The van der Waals surface area contributed by atoms with Gasteiger partial charge < -0.3 is 4.90 Å². The molecular formula is C8H10N3O. The van der Waals surface area contributed by atoms with E-state index in [-0.39, 0.29) is 0 Å². The largest absolute Gasteiger partial charge is 0.323 e. The van der Waals surface area contributed by atoms with Crippen LogP contribution in [0.4, 0.5) is 0 Å². The monoisotopic (exact) mass is 164 g/mol. The van der Waals surface area contributed by atoms with E-state index in [1.165, 1.54) is 4.90 Å². The van der Waals surface area contributed by atoms with Gasteiger partial charge in [-0.15, -0.1) is 5.92 Å². The van der Waals surface area contributed by atoms with Crippen molar-refractivity contribution in [1.82, 2.24) is 10.3 Å². The van der Waals surface area contributed by atoms with Gasteiger partial charge in [0.25, 0.3) is 0 Å². The summed E-state index contributed by atoms with van der Waals surface area (Å²) in [6, 6.07) is 0. The van der Waals surface area contributed by atoms with Crippen LogP contribution in [-0.4, -0.2) is 30.2 Å². The van der Waals surface area contributed by atoms with E-state index in [1.807, 2.05) is 6.41 Å². The molecule has 1 heterocycles. The van der Waals surface area contributed by atoms with Crippen molar-refractivity contribution in [3.8, 4) is 11.8 Å². The van der Waals surface area contributed by atoms with Crippen molar-refractivity contribution in [2.24, 2.45) is 5.10 Å². The highest BCUT2D eigenvalue weighted by Gasteiger charge is 2.10. The van der Waals surface area contributed by atoms with Crippen LogP contribution in [0.25, 0.3) is 0 Å². The fraction of sp³-hybridized carbons (Fsp3) is 0.500. The van der Waals surface area contributed by atoms with Crippen LogP contribution < -0.4 is 5.43 Å². The van der Waals surface area contributed by atoms with Gasteiger partial charge >= 0.3 is 6.41 Å². The Balaban J connectivity index is 2.17. The molecule has 0 unspecified atom stereocenters. The molecule has 1 amide bonds. The minimum atomic E-state index is 0.452. The standard InChI is InChI=1S/C8H10N3O/c1-2-3-5-11(7-12)6-4-8-9-10-8/h4-6H2,1H3,(H,9,10). The molecule has 1 radical (unpaired) electrons. The number of nitrogens with zero attached hydrogens (tertiary/aromatic N) is 2. The molecule has 0 aromatic carbocycles. The molecule has 4 heteroatoms. The number of hydrogen-bond acceptors (Lipinski definition) is 3. The Hall–Kier alpha value is -1.50. The fourth-order valence-corrected chi connectivity index (χ4v) is 0.724. The predicted octanol–water partition coefficient (Wildman–Crippen LogP) is -0.314. The van der Waals surface area contributed by atoms with E-state index in [0.717, 1.165) is 12.3 Å². The predicted molar refractivity (Wildman–Crippen MR) is 45.9 cm³/mol. The second-order valence-electron chi connectivity index (χ2n) is 2.36. The summed E-state index contributed by atoms with van der Waals surface area (Å²) < 4.78 is 0. The van der Waals surface area contributed by atoms with Crippen molar-refractivity contribution >= 4 is 12.2 Å². The number of amidine groups is 1. The minimum absolute atomic E-state index is 0.452. The van der Waals surface area contributed by atoms with Gasteiger partial charge in [0.15, 0.2) is 0 Å². The van der Waals surface area contributed by atoms with E-state index < -0.39 is 0 Å². The van der Waals surface area contributed by atoms with Crippen molar-refractivity contribution in [3.63, 3.8) is 0 Å². The molecule has 0 fully saturated rings. The van der Waals surface area contributed by atoms with E-state index >= 15 is 0 Å². The van der Waals surface area contributed by atoms with Gasteiger partial charge in [0.1, 0.15) is 5.84 Å². The molecule has 0 aromatic heterocycles. The maximum absolute atomic E-state index is 10.3. The fourth-order valence-electron chi connectivity index (χ4n) is 0.724. The molecule has 4 nitrogen and oxygen atoms in total. The SMILES string of the molecule is CC#CCN([C]=O)CCC1=NN1. The molecular weight excluding hydrogens is 154 g/mol. The zero-order chi connectivity index (χ0) is 8.81. The molecule has 0 spiro atoms. The van der Waals surface area contributed by atoms with Crippen LogP contribution in [0.5, 0.6) is 0 Å². The van der Waals surface area contributed by atoms with Crippen molar-refractivity contribution in [2.75, 3.05) is 13.1 Å². The Labute approximate surface area is 71.6 Å². The molecule has 63 valence electrons. The average Bonchev–Trinajstić information content (AvgIpc) is 2.89. The average molecular weight is 164 g/mol. The lowest BCUT2D eigenvalue weighted by Crippen LogP contribution is -2.24. The number of hydrazone groups is 1. The summed E-state index contributed by atoms with van der Waals surface area (Å²) >= 11 is 0. The second-order valence-corrected chi connectivity index (χ2v) is 2.36. The van der Waals surface area contributed by atoms with Gasteiger partial charge in [0, 0.05) is 13.0 Å². The highest BCUT2D eigenvalue weighted by molar-refractivity contribution is 5.90. The highest BCUT2D eigenvalue weighted by Crippen LogP contribution is 1.95. The third-order valence-electron chi connectivity index (χ3n) is 1.46. The van der Waals surface area contributed by atoms with Gasteiger partial charge in [-0.05, 0) is 6.92 Å². The van der Waals surface area contributed by atoms with Crippen molar-refractivity contribution in [2.45, 2.75) is 13.3 Å². The first-order valence-electron chi connectivity index (χ1n) is 3.71. The number of carbonyl (C=O) groups excluding carboxylic acids is 1. The van der Waals surface area contributed by atoms with Crippen molar-refractivity contribution in [1.29, 1.82) is 0 Å². The molecule has 0 aliphatic carbocycles. The number of hydrogen-bond donors (Lipinski definition) is 1. The van der Waals surface area contributed by atoms with Crippen LogP contribution in [0.1, 0.15) is 13.3 Å². The molecule has 0 atom stereocenters. The van der Waals surface area contributed by atoms with Crippen molar-refractivity contribution < 1.29 is 4.79 Å². The maximum atomic E-state index is 10.3. The van der Waals surface area contributed by atoms with E-state index in [4.69, 9.17) is 0 Å². The Kier molecular flexibility index (Phi) is 3.15. The molecule has 1 aliphatic rings. The van der Waals surface area contributed by atoms with Gasteiger partial charge in [-0.2, -0.15) is 5.10 Å². The number of nitrogens with one attached hydrogen (secondary N) is 1. The Morgan fingerprint density at radius 1 is 1.67 bits per heavy atom. The Morgan fingerprint density at radius 3 is 2.92 bits per heavy atom. The molecule has 0 bridgehead atoms. The molecule has 1 aliphatic heterocycles. The van der Waals surface area contributed by atoms with Crippen LogP contribution in [0.3, 0.4) is 0 Å². The maximum Gasteiger partial charge on any atom is 0.312 e. The zero-order valence-electron chi connectivity index (χ0n) is 6.92. The van der Waals surface area contributed by atoms with Crippen LogP contribution in [0, 0.1) is 11.8 Å². The van der Waals surface area contributed by atoms with E-state index in [0.29, 0.717) is 13.1 Å². The number of rotatable bonds is 5. The lowest BCUT2D eigenvalue weighted by molar-refractivity contribution is 0.421. The first kappa shape index (κ1) is 8.60. The van der Waals surface area contributed by atoms with Gasteiger partial charge in [-0.3, -0.25) is 10.2 Å². The minimum Gasteiger partial charge on any atom is -0.323 e. The van der Waals surface area contributed by atoms with Crippen LogP contribution in [-0.2, 0) is 4.79 Å². The molecule has 12 heavy (non-hydrogen) atoms. The Morgan fingerprint density at radius 2 is 2.42 bits per heavy atom. The molecule has 0 saturated heterocycles. The van der Waals surface area contributed by atoms with Gasteiger partial charge in [-0.1, -0.05) is 5.92 Å². The smallest absolute Gasteiger partial charge is 0.312 e. The van der Waals surface area contributed by atoms with E-state index in [9.17, 15) is 4.79 Å². The van der Waals surface area contributed by atoms with Crippen molar-refractivity contribution in [3.05, 3.63) is 0 Å². The van der Waals surface area contributed by atoms with Crippen LogP contribution in [0.15, 0.2) is 5.10 Å². The van der Waals surface area contributed by atoms with E-state index in [1.54, 1.807) is 6.92 Å². The molecule has 1 N–H and O–H groups in total. The van der Waals surface area contributed by atoms with Crippen LogP contribution >= 0.6 is 0 Å². The third kappa shape index (κ3) is 3.06. The third-order valence-corrected chi connectivity index (χ3v) is 1.46. The summed E-state index contributed by atoms with van der Waals surface area (Å²) in [6.45, 7) is 2.83. The molecule has 0 saturated carbocycles. The normalized spacial score (nSPS) is 11.9. The van der Waals surface area contributed by atoms with Gasteiger partial charge in [0.2, 0.25) is 0 Å². The number of amides is 1. The summed E-state index contributed by atoms with van der Waals surface area (Å²) in [5.74, 6) is 6.46. The summed E-state index contributed by atoms with van der Waals surface area (Å²) in [7, 11) is 0. The highest BCUT2D eigenvalue weighted by atomic mass is 16.1. The quantitative estimate of drug-likeness (QED) is 0.447. The first-order valence-corrected chi connectivity index (χ1v) is 3.71. The topological polar surface area (TPSA) is 54.6 Å². The lowest BCUT2D eigenvalue weighted by atomic mass is 10.4. The van der Waals surface area contributed by atoms with Crippen LogP contribution in [0.2, 0.25) is 0 Å². The summed E-state index contributed by atoms with van der Waals surface area (Å²) in [4.78, 5) is 11.8. The van der Waals surface area contributed by atoms with Gasteiger partial charge in [-0.25, -0.2) is 0 Å². The molecule has 0 aromatic rings. The second kappa shape index (κ2) is 4.39. The summed E-state index contributed by atoms with van der Waals surface area (Å²) in [5, 5.41) is 3.76. The zero-order valence-corrected chi connectivity index (χ0v) is 6.92. The summed E-state index contributed by atoms with van der Waals surface area (Å²) in [5.41, 5.74) is 2.72. The lowest BCUT2D eigenvalue weighted by Gasteiger charge is -2.09. The Bertz CT molecular complexity index is 249. The molecule has 1 rings (SSSR count). The summed E-state index contributed by atoms with van der Waals surface area (Å²) in [6.07, 6.45) is 2.58. The van der Waals surface area contributed by atoms with Gasteiger partial charge in [0.05, 0.1) is 6.54 Å². The van der Waals surface area contributed by atoms with E-state index in [2.05, 4.69) is 22.4 Å². The first-order chi connectivity index (χ1) is 5.86.